The summed E-state index contributed by atoms with van der Waals surface area (Å²) >= 11 is 0. The van der Waals surface area contributed by atoms with Crippen LogP contribution in [0.3, 0.4) is 0 Å². The fourth-order valence-corrected chi connectivity index (χ4v) is 2.18. The Morgan fingerprint density at radius 2 is 2.00 bits per heavy atom. The van der Waals surface area contributed by atoms with Crippen LogP contribution in [0, 0.1) is 0 Å². The molecule has 1 atom stereocenters. The van der Waals surface area contributed by atoms with Gasteiger partial charge in [0.25, 0.3) is 5.92 Å². The van der Waals surface area contributed by atoms with Crippen LogP contribution >= 0.6 is 12.4 Å². The van der Waals surface area contributed by atoms with Gasteiger partial charge in [-0.25, -0.2) is 8.78 Å². The van der Waals surface area contributed by atoms with E-state index in [-0.39, 0.29) is 18.5 Å². The Hall–Kier alpha value is -0.460. The van der Waals surface area contributed by atoms with Gasteiger partial charge in [0, 0.05) is 0 Å². The summed E-state index contributed by atoms with van der Waals surface area (Å²) in [7, 11) is 0. The van der Waals surface area contributed by atoms with E-state index in [4.69, 9.17) is 10.5 Å². The zero-order valence-corrected chi connectivity index (χ0v) is 12.7. The predicted molar refractivity (Wildman–Crippen MR) is 76.3 cm³/mol. The van der Waals surface area contributed by atoms with Crippen LogP contribution < -0.4 is 11.1 Å². The van der Waals surface area contributed by atoms with E-state index >= 15 is 0 Å². The van der Waals surface area contributed by atoms with Crippen LogP contribution in [0.4, 0.5) is 8.78 Å². The highest BCUT2D eigenvalue weighted by Crippen LogP contribution is 2.22. The van der Waals surface area contributed by atoms with Crippen molar-refractivity contribution in [2.45, 2.75) is 63.6 Å². The van der Waals surface area contributed by atoms with E-state index in [0.717, 1.165) is 25.7 Å². The van der Waals surface area contributed by atoms with Gasteiger partial charge in [0.2, 0.25) is 5.91 Å². The summed E-state index contributed by atoms with van der Waals surface area (Å²) in [6.07, 6.45) is 5.23. The molecule has 0 spiro atoms. The fraction of sp³-hybridized carbons (Fsp3) is 0.923. The van der Waals surface area contributed by atoms with E-state index in [2.05, 4.69) is 5.32 Å². The maximum atomic E-state index is 13.0. The van der Waals surface area contributed by atoms with Gasteiger partial charge in [-0.2, -0.15) is 0 Å². The molecule has 1 aliphatic rings. The van der Waals surface area contributed by atoms with E-state index in [1.807, 2.05) is 6.92 Å². The molecule has 0 aromatic carbocycles. The van der Waals surface area contributed by atoms with E-state index in [0.29, 0.717) is 6.42 Å². The summed E-state index contributed by atoms with van der Waals surface area (Å²) in [5.74, 6) is -3.53. The second-order valence-electron chi connectivity index (χ2n) is 5.07. The number of nitrogens with one attached hydrogen (secondary N) is 1. The van der Waals surface area contributed by atoms with Gasteiger partial charge in [0.1, 0.15) is 6.10 Å². The van der Waals surface area contributed by atoms with E-state index in [1.54, 1.807) is 0 Å². The lowest BCUT2D eigenvalue weighted by Gasteiger charge is -2.27. The van der Waals surface area contributed by atoms with Gasteiger partial charge in [0.05, 0.1) is 19.2 Å². The number of ether oxygens (including phenoxy) is 1. The zero-order valence-electron chi connectivity index (χ0n) is 11.9. The maximum absolute atomic E-state index is 13.0. The van der Waals surface area contributed by atoms with Crippen molar-refractivity contribution < 1.29 is 18.3 Å². The number of alkyl halides is 2. The summed E-state index contributed by atoms with van der Waals surface area (Å²) < 4.78 is 31.6. The number of rotatable bonds is 7. The van der Waals surface area contributed by atoms with Crippen LogP contribution in [0.2, 0.25) is 0 Å². The summed E-state index contributed by atoms with van der Waals surface area (Å²) in [5.41, 5.74) is 4.92. The van der Waals surface area contributed by atoms with E-state index in [1.165, 1.54) is 6.42 Å². The summed E-state index contributed by atoms with van der Waals surface area (Å²) in [6, 6.07) is 0. The Bertz CT molecular complexity index is 288. The normalized spacial score (nSPS) is 18.2. The highest BCUT2D eigenvalue weighted by Gasteiger charge is 2.29. The summed E-state index contributed by atoms with van der Waals surface area (Å²) in [5, 5.41) is 2.22. The molecule has 1 saturated carbocycles. The van der Waals surface area contributed by atoms with Gasteiger partial charge in [-0.1, -0.05) is 26.2 Å². The Kier molecular flexibility index (Phi) is 9.25. The van der Waals surface area contributed by atoms with Crippen LogP contribution in [0.1, 0.15) is 45.4 Å². The monoisotopic (exact) mass is 314 g/mol. The minimum Gasteiger partial charge on any atom is -0.365 e. The van der Waals surface area contributed by atoms with Crippen LogP contribution in [0.5, 0.6) is 0 Å². The average Bonchev–Trinajstić information content (AvgIpc) is 2.43. The molecule has 1 fully saturated rings. The van der Waals surface area contributed by atoms with Crippen LogP contribution in [0.15, 0.2) is 0 Å². The molecule has 20 heavy (non-hydrogen) atoms. The number of halogens is 3. The Morgan fingerprint density at radius 3 is 2.50 bits per heavy atom. The predicted octanol–water partition coefficient (Wildman–Crippen LogP) is 2.25. The number of amides is 1. The quantitative estimate of drug-likeness (QED) is 0.757. The third-order valence-electron chi connectivity index (χ3n) is 3.39. The molecule has 1 amide bonds. The molecule has 0 aromatic rings. The molecule has 1 aliphatic carbocycles. The highest BCUT2D eigenvalue weighted by atomic mass is 35.5. The van der Waals surface area contributed by atoms with Gasteiger partial charge < -0.3 is 15.8 Å². The molecule has 0 bridgehead atoms. The van der Waals surface area contributed by atoms with Crippen molar-refractivity contribution in [3.05, 3.63) is 0 Å². The molecule has 0 aliphatic heterocycles. The first-order chi connectivity index (χ1) is 8.98. The van der Waals surface area contributed by atoms with Gasteiger partial charge in [-0.05, 0) is 19.3 Å². The number of carbonyl (C=O) groups excluding carboxylic acids is 1. The third kappa shape index (κ3) is 6.81. The second-order valence-corrected chi connectivity index (χ2v) is 5.07. The molecular formula is C13H25ClF2N2O2. The van der Waals surface area contributed by atoms with Crippen molar-refractivity contribution in [1.82, 2.24) is 5.32 Å². The smallest absolute Gasteiger partial charge is 0.277 e. The SMILES string of the molecule is CCC(OC1CCCCC1)C(=O)NCC(F)(F)CN.Cl. The lowest BCUT2D eigenvalue weighted by atomic mass is 9.97. The Balaban J connectivity index is 0.00000361. The highest BCUT2D eigenvalue weighted by molar-refractivity contribution is 5.85. The van der Waals surface area contributed by atoms with E-state index in [9.17, 15) is 13.6 Å². The van der Waals surface area contributed by atoms with Crippen molar-refractivity contribution in [2.24, 2.45) is 5.73 Å². The minimum absolute atomic E-state index is 0. The topological polar surface area (TPSA) is 64.3 Å². The summed E-state index contributed by atoms with van der Waals surface area (Å²) in [4.78, 5) is 11.8. The summed E-state index contributed by atoms with van der Waals surface area (Å²) in [6.45, 7) is 0.314. The van der Waals surface area contributed by atoms with Gasteiger partial charge in [-0.15, -0.1) is 12.4 Å². The molecule has 7 heteroatoms. The molecule has 1 rings (SSSR count). The molecule has 120 valence electrons. The van der Waals surface area contributed by atoms with Gasteiger partial charge in [0.15, 0.2) is 0 Å². The van der Waals surface area contributed by atoms with Crippen LogP contribution in [-0.2, 0) is 9.53 Å². The van der Waals surface area contributed by atoms with Crippen LogP contribution in [-0.4, -0.2) is 37.1 Å². The molecule has 1 unspecified atom stereocenters. The van der Waals surface area contributed by atoms with Crippen molar-refractivity contribution >= 4 is 18.3 Å². The molecule has 0 heterocycles. The Morgan fingerprint density at radius 1 is 1.40 bits per heavy atom. The molecular weight excluding hydrogens is 290 g/mol. The number of nitrogens with two attached hydrogens (primary N) is 1. The van der Waals surface area contributed by atoms with Gasteiger partial charge >= 0.3 is 0 Å². The van der Waals surface area contributed by atoms with Crippen molar-refractivity contribution in [3.8, 4) is 0 Å². The molecule has 0 radical (unpaired) electrons. The maximum Gasteiger partial charge on any atom is 0.277 e. The lowest BCUT2D eigenvalue weighted by Crippen LogP contribution is -2.46. The first-order valence-corrected chi connectivity index (χ1v) is 6.99. The van der Waals surface area contributed by atoms with Crippen molar-refractivity contribution in [1.29, 1.82) is 0 Å². The largest absolute Gasteiger partial charge is 0.365 e. The van der Waals surface area contributed by atoms with Crippen molar-refractivity contribution in [2.75, 3.05) is 13.1 Å². The number of hydrogen-bond donors (Lipinski definition) is 2. The lowest BCUT2D eigenvalue weighted by molar-refractivity contribution is -0.140. The average molecular weight is 315 g/mol. The second kappa shape index (κ2) is 9.47. The molecule has 3 N–H and O–H groups in total. The first-order valence-electron chi connectivity index (χ1n) is 6.99. The fourth-order valence-electron chi connectivity index (χ4n) is 2.18. The zero-order chi connectivity index (χ0) is 14.3. The molecule has 0 saturated heterocycles. The first kappa shape index (κ1) is 19.5. The van der Waals surface area contributed by atoms with Gasteiger partial charge in [-0.3, -0.25) is 4.79 Å². The van der Waals surface area contributed by atoms with E-state index < -0.39 is 31.0 Å². The number of carbonyl (C=O) groups is 1. The minimum atomic E-state index is -3.06. The molecule has 4 nitrogen and oxygen atoms in total. The third-order valence-corrected chi connectivity index (χ3v) is 3.39. The number of hydrogen-bond acceptors (Lipinski definition) is 3. The molecule has 0 aromatic heterocycles. The Labute approximate surface area is 125 Å². The van der Waals surface area contributed by atoms with Crippen molar-refractivity contribution in [3.63, 3.8) is 0 Å². The van der Waals surface area contributed by atoms with Crippen LogP contribution in [0.25, 0.3) is 0 Å². The standard InChI is InChI=1S/C13H24F2N2O2.ClH/c1-2-11(19-10-6-4-3-5-7-10)12(18)17-9-13(14,15)8-16;/h10-11H,2-9,16H2,1H3,(H,17,18);1H.